The van der Waals surface area contributed by atoms with Crippen LogP contribution in [-0.2, 0) is 16.3 Å². The van der Waals surface area contributed by atoms with Crippen molar-refractivity contribution < 1.29 is 8.42 Å². The third-order valence-electron chi connectivity index (χ3n) is 3.25. The molecule has 1 heterocycles. The van der Waals surface area contributed by atoms with Crippen molar-refractivity contribution in [1.82, 2.24) is 9.97 Å². The van der Waals surface area contributed by atoms with E-state index < -0.39 is 15.1 Å². The second-order valence-corrected chi connectivity index (χ2v) is 6.97. The maximum Gasteiger partial charge on any atom is 0.157 e. The summed E-state index contributed by atoms with van der Waals surface area (Å²) in [7, 11) is -3.15. The summed E-state index contributed by atoms with van der Waals surface area (Å²) < 4.78 is 22.9. The van der Waals surface area contributed by atoms with Crippen LogP contribution in [0.5, 0.6) is 0 Å². The molecule has 0 aliphatic heterocycles. The van der Waals surface area contributed by atoms with Gasteiger partial charge >= 0.3 is 0 Å². The van der Waals surface area contributed by atoms with E-state index in [0.717, 1.165) is 30.5 Å². The molecule has 5 nitrogen and oxygen atoms in total. The number of sulfone groups is 1. The standard InChI is InChI=1S/C11H17N3O2S/c1-7(17(2,15)16)11-13-6-8-9(12)4-3-5-10(8)14-11/h6-7,9H,3-5,12H2,1-2H3. The smallest absolute Gasteiger partial charge is 0.157 e. The monoisotopic (exact) mass is 255 g/mol. The van der Waals surface area contributed by atoms with E-state index in [1.807, 2.05) is 0 Å². The van der Waals surface area contributed by atoms with Gasteiger partial charge in [0, 0.05) is 29.8 Å². The Kier molecular flexibility index (Phi) is 3.18. The van der Waals surface area contributed by atoms with E-state index in [-0.39, 0.29) is 6.04 Å². The molecule has 2 unspecified atom stereocenters. The van der Waals surface area contributed by atoms with Gasteiger partial charge in [0.05, 0.1) is 0 Å². The van der Waals surface area contributed by atoms with Crippen molar-refractivity contribution in [2.24, 2.45) is 5.73 Å². The van der Waals surface area contributed by atoms with Gasteiger partial charge in [-0.25, -0.2) is 18.4 Å². The van der Waals surface area contributed by atoms with Crippen LogP contribution in [0, 0.1) is 0 Å². The normalized spacial score (nSPS) is 21.9. The number of nitrogens with two attached hydrogens (primary N) is 1. The van der Waals surface area contributed by atoms with E-state index in [0.29, 0.717) is 5.82 Å². The Morgan fingerprint density at radius 1 is 1.53 bits per heavy atom. The third-order valence-corrected chi connectivity index (χ3v) is 4.75. The van der Waals surface area contributed by atoms with Crippen molar-refractivity contribution in [2.75, 3.05) is 6.26 Å². The molecular weight excluding hydrogens is 238 g/mol. The summed E-state index contributed by atoms with van der Waals surface area (Å²) in [6, 6.07) is -0.0126. The zero-order valence-electron chi connectivity index (χ0n) is 10.0. The fourth-order valence-electron chi connectivity index (χ4n) is 1.98. The van der Waals surface area contributed by atoms with Crippen LogP contribution in [-0.4, -0.2) is 24.6 Å². The molecule has 94 valence electrons. The number of hydrogen-bond acceptors (Lipinski definition) is 5. The molecule has 2 atom stereocenters. The Hall–Kier alpha value is -1.01. The lowest BCUT2D eigenvalue weighted by atomic mass is 9.93. The Morgan fingerprint density at radius 3 is 2.88 bits per heavy atom. The van der Waals surface area contributed by atoms with E-state index in [1.165, 1.54) is 6.26 Å². The van der Waals surface area contributed by atoms with Crippen molar-refractivity contribution in [1.29, 1.82) is 0 Å². The molecule has 0 aromatic carbocycles. The van der Waals surface area contributed by atoms with Crippen LogP contribution in [0.15, 0.2) is 6.20 Å². The topological polar surface area (TPSA) is 85.9 Å². The molecule has 0 saturated heterocycles. The van der Waals surface area contributed by atoms with E-state index in [2.05, 4.69) is 9.97 Å². The summed E-state index contributed by atoms with van der Waals surface area (Å²) in [6.45, 7) is 1.61. The Labute approximate surface area is 101 Å². The number of nitrogens with zero attached hydrogens (tertiary/aromatic N) is 2. The third kappa shape index (κ3) is 2.47. The van der Waals surface area contributed by atoms with Gasteiger partial charge in [-0.3, -0.25) is 0 Å². The minimum Gasteiger partial charge on any atom is -0.324 e. The van der Waals surface area contributed by atoms with Gasteiger partial charge in [-0.15, -0.1) is 0 Å². The fraction of sp³-hybridized carbons (Fsp3) is 0.636. The van der Waals surface area contributed by atoms with Gasteiger partial charge in [0.15, 0.2) is 9.84 Å². The Balaban J connectivity index is 2.40. The first kappa shape index (κ1) is 12.4. The number of fused-ring (bicyclic) bond motifs is 1. The van der Waals surface area contributed by atoms with E-state index in [9.17, 15) is 8.42 Å². The van der Waals surface area contributed by atoms with Crippen molar-refractivity contribution in [3.05, 3.63) is 23.3 Å². The highest BCUT2D eigenvalue weighted by Gasteiger charge is 2.24. The molecule has 1 aromatic heterocycles. The quantitative estimate of drug-likeness (QED) is 0.849. The van der Waals surface area contributed by atoms with Crippen LogP contribution < -0.4 is 5.73 Å². The summed E-state index contributed by atoms with van der Waals surface area (Å²) in [4.78, 5) is 8.50. The average molecular weight is 255 g/mol. The van der Waals surface area contributed by atoms with Gasteiger partial charge in [-0.2, -0.15) is 0 Å². The van der Waals surface area contributed by atoms with Gasteiger partial charge < -0.3 is 5.73 Å². The van der Waals surface area contributed by atoms with Crippen LogP contribution in [0.25, 0.3) is 0 Å². The lowest BCUT2D eigenvalue weighted by Gasteiger charge is -2.21. The highest BCUT2D eigenvalue weighted by atomic mass is 32.2. The van der Waals surface area contributed by atoms with Crippen molar-refractivity contribution in [2.45, 2.75) is 37.5 Å². The first-order chi connectivity index (χ1) is 7.89. The van der Waals surface area contributed by atoms with Crippen LogP contribution in [0.3, 0.4) is 0 Å². The SMILES string of the molecule is CC(c1ncc2c(n1)CCCC2N)S(C)(=O)=O. The molecule has 6 heteroatoms. The molecule has 0 saturated carbocycles. The van der Waals surface area contributed by atoms with Crippen molar-refractivity contribution in [3.63, 3.8) is 0 Å². The predicted molar refractivity (Wildman–Crippen MR) is 65.2 cm³/mol. The molecule has 0 amide bonds. The molecule has 2 N–H and O–H groups in total. The van der Waals surface area contributed by atoms with Crippen LogP contribution in [0.4, 0.5) is 0 Å². The van der Waals surface area contributed by atoms with Crippen molar-refractivity contribution >= 4 is 9.84 Å². The zero-order chi connectivity index (χ0) is 12.6. The summed E-state index contributed by atoms with van der Waals surface area (Å²) in [6.07, 6.45) is 5.68. The second kappa shape index (κ2) is 4.34. The van der Waals surface area contributed by atoms with Gasteiger partial charge in [0.1, 0.15) is 11.1 Å². The van der Waals surface area contributed by atoms with E-state index >= 15 is 0 Å². The van der Waals surface area contributed by atoms with Crippen LogP contribution in [0.2, 0.25) is 0 Å². The van der Waals surface area contributed by atoms with E-state index in [4.69, 9.17) is 5.73 Å². The van der Waals surface area contributed by atoms with Crippen molar-refractivity contribution in [3.8, 4) is 0 Å². The number of aromatic nitrogens is 2. The summed E-state index contributed by atoms with van der Waals surface area (Å²) in [5.74, 6) is 0.375. The molecule has 0 radical (unpaired) electrons. The number of rotatable bonds is 2. The molecule has 2 rings (SSSR count). The summed E-state index contributed by atoms with van der Waals surface area (Å²) in [5.41, 5.74) is 7.83. The molecule has 0 fully saturated rings. The maximum absolute atomic E-state index is 11.5. The Morgan fingerprint density at radius 2 is 2.24 bits per heavy atom. The molecule has 0 bridgehead atoms. The highest BCUT2D eigenvalue weighted by Crippen LogP contribution is 2.27. The van der Waals surface area contributed by atoms with E-state index in [1.54, 1.807) is 13.1 Å². The predicted octanol–water partition coefficient (Wildman–Crippen LogP) is 0.918. The second-order valence-electron chi connectivity index (χ2n) is 4.60. The highest BCUT2D eigenvalue weighted by molar-refractivity contribution is 7.90. The number of aryl methyl sites for hydroxylation is 1. The maximum atomic E-state index is 11.5. The lowest BCUT2D eigenvalue weighted by molar-refractivity contribution is 0.550. The first-order valence-corrected chi connectivity index (χ1v) is 7.65. The minimum atomic E-state index is -3.15. The molecule has 0 spiro atoms. The van der Waals surface area contributed by atoms with Gasteiger partial charge in [-0.05, 0) is 26.2 Å². The minimum absolute atomic E-state index is 0.0126. The van der Waals surface area contributed by atoms with Crippen LogP contribution >= 0.6 is 0 Å². The summed E-state index contributed by atoms with van der Waals surface area (Å²) >= 11 is 0. The molecular formula is C11H17N3O2S. The largest absolute Gasteiger partial charge is 0.324 e. The number of hydrogen-bond donors (Lipinski definition) is 1. The van der Waals surface area contributed by atoms with Crippen LogP contribution in [0.1, 0.15) is 48.1 Å². The first-order valence-electron chi connectivity index (χ1n) is 5.69. The fourth-order valence-corrected chi connectivity index (χ4v) is 2.48. The zero-order valence-corrected chi connectivity index (χ0v) is 10.9. The van der Waals surface area contributed by atoms with Gasteiger partial charge in [0.25, 0.3) is 0 Å². The molecule has 1 aliphatic rings. The Bertz CT molecular complexity index is 528. The lowest BCUT2D eigenvalue weighted by Crippen LogP contribution is -2.21. The van der Waals surface area contributed by atoms with Gasteiger partial charge in [0.2, 0.25) is 0 Å². The molecule has 17 heavy (non-hydrogen) atoms. The van der Waals surface area contributed by atoms with Gasteiger partial charge in [-0.1, -0.05) is 0 Å². The average Bonchev–Trinajstić information content (AvgIpc) is 2.26. The molecule has 1 aliphatic carbocycles. The summed E-state index contributed by atoms with van der Waals surface area (Å²) in [5, 5.41) is -0.661. The molecule has 1 aromatic rings.